The summed E-state index contributed by atoms with van der Waals surface area (Å²) in [7, 11) is 0. The van der Waals surface area contributed by atoms with Gasteiger partial charge in [0.1, 0.15) is 0 Å². The smallest absolute Gasteiger partial charge is 0.0727 e. The van der Waals surface area contributed by atoms with Crippen molar-refractivity contribution in [1.82, 2.24) is 0 Å². The summed E-state index contributed by atoms with van der Waals surface area (Å²) in [6.07, 6.45) is 9.00. The molecule has 2 fully saturated rings. The van der Waals surface area contributed by atoms with E-state index in [2.05, 4.69) is 37.3 Å². The van der Waals surface area contributed by atoms with Crippen molar-refractivity contribution >= 4 is 17.2 Å². The molecular formula is C19H27NS. The van der Waals surface area contributed by atoms with Gasteiger partial charge in [0, 0.05) is 0 Å². The summed E-state index contributed by atoms with van der Waals surface area (Å²) in [6, 6.07) is 11.2. The molecule has 0 spiro atoms. The summed E-state index contributed by atoms with van der Waals surface area (Å²) in [5.41, 5.74) is 7.75. The van der Waals surface area contributed by atoms with Crippen LogP contribution in [0.1, 0.15) is 57.4 Å². The number of hydrogen-bond donors (Lipinski definition) is 1. The minimum Gasteiger partial charge on any atom is -0.393 e. The second kappa shape index (κ2) is 6.08. The van der Waals surface area contributed by atoms with Crippen molar-refractivity contribution in [2.24, 2.45) is 23.5 Å². The van der Waals surface area contributed by atoms with Gasteiger partial charge in [-0.15, -0.1) is 0 Å². The molecule has 0 aliphatic heterocycles. The first-order valence-corrected chi connectivity index (χ1v) is 8.85. The van der Waals surface area contributed by atoms with E-state index in [4.69, 9.17) is 18.0 Å². The highest BCUT2D eigenvalue weighted by Gasteiger charge is 2.46. The molecule has 114 valence electrons. The fourth-order valence-electron chi connectivity index (χ4n) is 4.98. The fraction of sp³-hybridized carbons (Fsp3) is 0.632. The highest BCUT2D eigenvalue weighted by atomic mass is 32.1. The maximum Gasteiger partial charge on any atom is 0.0727 e. The van der Waals surface area contributed by atoms with Crippen LogP contribution in [-0.2, 0) is 5.41 Å². The van der Waals surface area contributed by atoms with Gasteiger partial charge in [-0.2, -0.15) is 0 Å². The number of fused-ring (bicyclic) bond motifs is 2. The fourth-order valence-corrected chi connectivity index (χ4v) is 5.10. The quantitative estimate of drug-likeness (QED) is 0.806. The summed E-state index contributed by atoms with van der Waals surface area (Å²) in [5, 5.41) is 0. The lowest BCUT2D eigenvalue weighted by Gasteiger charge is -2.52. The minimum absolute atomic E-state index is 0.428. The molecule has 4 unspecified atom stereocenters. The van der Waals surface area contributed by atoms with Crippen molar-refractivity contribution in [1.29, 1.82) is 0 Å². The maximum absolute atomic E-state index is 5.75. The molecule has 2 aliphatic rings. The molecule has 0 radical (unpaired) electrons. The number of rotatable bonds is 4. The van der Waals surface area contributed by atoms with E-state index in [9.17, 15) is 0 Å². The van der Waals surface area contributed by atoms with Gasteiger partial charge in [0.2, 0.25) is 0 Å². The van der Waals surface area contributed by atoms with Crippen LogP contribution in [-0.4, -0.2) is 4.99 Å². The lowest BCUT2D eigenvalue weighted by molar-refractivity contribution is 0.0442. The van der Waals surface area contributed by atoms with Crippen LogP contribution in [0.4, 0.5) is 0 Å². The Morgan fingerprint density at radius 2 is 2.05 bits per heavy atom. The molecule has 2 aliphatic carbocycles. The van der Waals surface area contributed by atoms with E-state index in [1.807, 2.05) is 0 Å². The topological polar surface area (TPSA) is 26.0 Å². The SMILES string of the molecule is CC1C2CCCC(c3ccccc3)(C2)CC1CCC(N)=S. The molecule has 1 aromatic carbocycles. The Bertz CT molecular complexity index is 498. The van der Waals surface area contributed by atoms with Crippen molar-refractivity contribution < 1.29 is 0 Å². The summed E-state index contributed by atoms with van der Waals surface area (Å²) >= 11 is 5.10. The van der Waals surface area contributed by atoms with Crippen LogP contribution in [0.15, 0.2) is 30.3 Å². The molecule has 4 atom stereocenters. The highest BCUT2D eigenvalue weighted by molar-refractivity contribution is 7.80. The van der Waals surface area contributed by atoms with Crippen LogP contribution in [0.25, 0.3) is 0 Å². The van der Waals surface area contributed by atoms with Crippen LogP contribution < -0.4 is 5.73 Å². The zero-order valence-electron chi connectivity index (χ0n) is 13.1. The van der Waals surface area contributed by atoms with Gasteiger partial charge in [-0.1, -0.05) is 62.3 Å². The third-order valence-electron chi connectivity index (χ3n) is 6.17. The Morgan fingerprint density at radius 1 is 1.29 bits per heavy atom. The highest BCUT2D eigenvalue weighted by Crippen LogP contribution is 2.55. The van der Waals surface area contributed by atoms with E-state index in [0.717, 1.165) is 24.2 Å². The molecule has 2 heteroatoms. The van der Waals surface area contributed by atoms with E-state index >= 15 is 0 Å². The van der Waals surface area contributed by atoms with Crippen LogP contribution in [0, 0.1) is 17.8 Å². The van der Waals surface area contributed by atoms with Crippen LogP contribution >= 0.6 is 12.2 Å². The van der Waals surface area contributed by atoms with Crippen LogP contribution in [0.3, 0.4) is 0 Å². The van der Waals surface area contributed by atoms with Gasteiger partial charge in [0.05, 0.1) is 4.99 Å². The minimum atomic E-state index is 0.428. The first-order valence-electron chi connectivity index (χ1n) is 8.44. The molecule has 2 N–H and O–H groups in total. The Kier molecular flexibility index (Phi) is 4.35. The van der Waals surface area contributed by atoms with E-state index < -0.39 is 0 Å². The average Bonchev–Trinajstić information content (AvgIpc) is 2.51. The average molecular weight is 301 g/mol. The maximum atomic E-state index is 5.75. The van der Waals surface area contributed by atoms with Crippen molar-refractivity contribution in [2.45, 2.75) is 57.3 Å². The van der Waals surface area contributed by atoms with Gasteiger partial charge in [-0.3, -0.25) is 0 Å². The van der Waals surface area contributed by atoms with Crippen LogP contribution in [0.2, 0.25) is 0 Å². The van der Waals surface area contributed by atoms with E-state index in [-0.39, 0.29) is 0 Å². The molecule has 2 saturated carbocycles. The monoisotopic (exact) mass is 301 g/mol. The standard InChI is InChI=1S/C19H27NS/c1-14-15-6-5-11-19(12-15,17-7-3-2-4-8-17)13-16(14)9-10-18(20)21/h2-4,7-8,14-16H,5-6,9-13H2,1H3,(H2,20,21). The van der Waals surface area contributed by atoms with Gasteiger partial charge in [-0.25, -0.2) is 0 Å². The summed E-state index contributed by atoms with van der Waals surface area (Å²) in [4.78, 5) is 0.687. The van der Waals surface area contributed by atoms with Crippen molar-refractivity contribution in [2.75, 3.05) is 0 Å². The number of nitrogens with two attached hydrogens (primary N) is 1. The summed E-state index contributed by atoms with van der Waals surface area (Å²) in [5.74, 6) is 2.51. The molecule has 2 bridgehead atoms. The Balaban J connectivity index is 1.85. The third kappa shape index (κ3) is 3.01. The van der Waals surface area contributed by atoms with Gasteiger partial charge in [0.15, 0.2) is 0 Å². The van der Waals surface area contributed by atoms with Crippen molar-refractivity contribution in [3.63, 3.8) is 0 Å². The summed E-state index contributed by atoms with van der Waals surface area (Å²) < 4.78 is 0. The Labute approximate surface area is 134 Å². The number of hydrogen-bond acceptors (Lipinski definition) is 1. The zero-order chi connectivity index (χ0) is 14.9. The van der Waals surface area contributed by atoms with Crippen molar-refractivity contribution in [3.8, 4) is 0 Å². The normalized spacial score (nSPS) is 35.4. The molecular weight excluding hydrogens is 274 g/mol. The Hall–Kier alpha value is -0.890. The number of benzene rings is 1. The van der Waals surface area contributed by atoms with Gasteiger partial charge < -0.3 is 5.73 Å². The third-order valence-corrected chi connectivity index (χ3v) is 6.38. The molecule has 1 nitrogen and oxygen atoms in total. The molecule has 0 amide bonds. The van der Waals surface area contributed by atoms with Gasteiger partial charge in [-0.05, 0) is 60.8 Å². The van der Waals surface area contributed by atoms with Crippen molar-refractivity contribution in [3.05, 3.63) is 35.9 Å². The molecule has 1 aromatic rings. The van der Waals surface area contributed by atoms with E-state index in [0.29, 0.717) is 10.4 Å². The first kappa shape index (κ1) is 15.0. The Morgan fingerprint density at radius 3 is 2.76 bits per heavy atom. The van der Waals surface area contributed by atoms with Gasteiger partial charge in [0.25, 0.3) is 0 Å². The molecule has 0 saturated heterocycles. The van der Waals surface area contributed by atoms with Crippen LogP contribution in [0.5, 0.6) is 0 Å². The lowest BCUT2D eigenvalue weighted by Crippen LogP contribution is -2.44. The molecule has 21 heavy (non-hydrogen) atoms. The predicted octanol–water partition coefficient (Wildman–Crippen LogP) is 4.84. The van der Waals surface area contributed by atoms with E-state index in [1.165, 1.54) is 38.5 Å². The zero-order valence-corrected chi connectivity index (χ0v) is 13.9. The largest absolute Gasteiger partial charge is 0.393 e. The molecule has 0 heterocycles. The summed E-state index contributed by atoms with van der Waals surface area (Å²) in [6.45, 7) is 2.47. The van der Waals surface area contributed by atoms with E-state index in [1.54, 1.807) is 5.56 Å². The first-order chi connectivity index (χ1) is 10.1. The lowest BCUT2D eigenvalue weighted by atomic mass is 9.53. The van der Waals surface area contributed by atoms with Gasteiger partial charge >= 0.3 is 0 Å². The molecule has 0 aromatic heterocycles. The number of thiocarbonyl (C=S) groups is 1. The predicted molar refractivity (Wildman–Crippen MR) is 93.4 cm³/mol. The second-order valence-corrected chi connectivity index (χ2v) is 7.86. The second-order valence-electron chi connectivity index (χ2n) is 7.33. The molecule has 3 rings (SSSR count).